The summed E-state index contributed by atoms with van der Waals surface area (Å²) in [6, 6.07) is 1.78. The van der Waals surface area contributed by atoms with Crippen LogP contribution in [-0.4, -0.2) is 34.8 Å². The van der Waals surface area contributed by atoms with E-state index >= 15 is 0 Å². The molecule has 0 aliphatic carbocycles. The Kier molecular flexibility index (Phi) is 3.52. The normalized spacial score (nSPS) is 18.3. The first kappa shape index (κ1) is 12.8. The molecule has 0 atom stereocenters. The lowest BCUT2D eigenvalue weighted by Gasteiger charge is -2.35. The molecule has 1 aliphatic rings. The number of aryl methyl sites for hydroxylation is 1. The molecule has 2 heterocycles. The van der Waals surface area contributed by atoms with Gasteiger partial charge in [0.05, 0.1) is 5.69 Å². The van der Waals surface area contributed by atoms with Crippen molar-refractivity contribution in [3.8, 4) is 0 Å². The monoisotopic (exact) mass is 250 g/mol. The van der Waals surface area contributed by atoms with Crippen molar-refractivity contribution >= 4 is 11.7 Å². The lowest BCUT2D eigenvalue weighted by molar-refractivity contribution is 0.0655. The van der Waals surface area contributed by atoms with E-state index in [0.717, 1.165) is 18.5 Å². The summed E-state index contributed by atoms with van der Waals surface area (Å²) in [4.78, 5) is 15.2. The summed E-state index contributed by atoms with van der Waals surface area (Å²) in [5.74, 6) is -0.958. The third-order valence-electron chi connectivity index (χ3n) is 3.30. The van der Waals surface area contributed by atoms with Gasteiger partial charge in [0.1, 0.15) is 5.56 Å². The standard InChI is InChI=1S/C13H18N2O3/c1-9-7-11(10(8-14-9)12(16)17)15-13(2)3-5-18-6-4-13/h7-8H,3-6H2,1-2H3,(H,14,15)(H,16,17). The summed E-state index contributed by atoms with van der Waals surface area (Å²) < 4.78 is 5.34. The number of anilines is 1. The van der Waals surface area contributed by atoms with E-state index in [-0.39, 0.29) is 11.1 Å². The van der Waals surface area contributed by atoms with Crippen LogP contribution in [0.4, 0.5) is 5.69 Å². The highest BCUT2D eigenvalue weighted by Crippen LogP contribution is 2.27. The van der Waals surface area contributed by atoms with E-state index in [1.54, 1.807) is 6.07 Å². The lowest BCUT2D eigenvalue weighted by Crippen LogP contribution is -2.41. The smallest absolute Gasteiger partial charge is 0.339 e. The highest BCUT2D eigenvalue weighted by Gasteiger charge is 2.28. The second-order valence-corrected chi connectivity index (χ2v) is 4.97. The van der Waals surface area contributed by atoms with Crippen LogP contribution in [0, 0.1) is 6.92 Å². The van der Waals surface area contributed by atoms with Gasteiger partial charge in [-0.25, -0.2) is 4.79 Å². The third-order valence-corrected chi connectivity index (χ3v) is 3.30. The van der Waals surface area contributed by atoms with Crippen molar-refractivity contribution < 1.29 is 14.6 Å². The molecule has 0 bridgehead atoms. The van der Waals surface area contributed by atoms with Gasteiger partial charge in [0.2, 0.25) is 0 Å². The Morgan fingerprint density at radius 1 is 1.50 bits per heavy atom. The molecule has 5 heteroatoms. The van der Waals surface area contributed by atoms with E-state index in [2.05, 4.69) is 17.2 Å². The van der Waals surface area contributed by atoms with Crippen molar-refractivity contribution in [2.45, 2.75) is 32.2 Å². The van der Waals surface area contributed by atoms with Crippen LogP contribution in [0.15, 0.2) is 12.3 Å². The van der Waals surface area contributed by atoms with E-state index in [4.69, 9.17) is 9.84 Å². The van der Waals surface area contributed by atoms with Gasteiger partial charge >= 0.3 is 5.97 Å². The summed E-state index contributed by atoms with van der Waals surface area (Å²) >= 11 is 0. The molecule has 1 saturated heterocycles. The summed E-state index contributed by atoms with van der Waals surface area (Å²) in [7, 11) is 0. The molecule has 1 aromatic heterocycles. The maximum Gasteiger partial charge on any atom is 0.339 e. The fourth-order valence-corrected chi connectivity index (χ4v) is 2.11. The van der Waals surface area contributed by atoms with Crippen molar-refractivity contribution in [1.29, 1.82) is 0 Å². The highest BCUT2D eigenvalue weighted by molar-refractivity contribution is 5.94. The van der Waals surface area contributed by atoms with Crippen LogP contribution in [0.25, 0.3) is 0 Å². The quantitative estimate of drug-likeness (QED) is 0.859. The zero-order valence-electron chi connectivity index (χ0n) is 10.7. The first-order valence-electron chi connectivity index (χ1n) is 6.06. The SMILES string of the molecule is Cc1cc(NC2(C)CCOCC2)c(C(=O)O)cn1. The van der Waals surface area contributed by atoms with E-state index < -0.39 is 5.97 Å². The average molecular weight is 250 g/mol. The van der Waals surface area contributed by atoms with E-state index in [0.29, 0.717) is 18.9 Å². The van der Waals surface area contributed by atoms with Gasteiger partial charge in [0.15, 0.2) is 0 Å². The van der Waals surface area contributed by atoms with Crippen LogP contribution >= 0.6 is 0 Å². The second-order valence-electron chi connectivity index (χ2n) is 4.97. The zero-order valence-corrected chi connectivity index (χ0v) is 10.7. The Morgan fingerprint density at radius 3 is 2.78 bits per heavy atom. The number of carboxylic acids is 1. The number of aromatic carboxylic acids is 1. The number of nitrogens with zero attached hydrogens (tertiary/aromatic N) is 1. The Morgan fingerprint density at radius 2 is 2.17 bits per heavy atom. The van der Waals surface area contributed by atoms with Gasteiger partial charge in [-0.05, 0) is 32.8 Å². The highest BCUT2D eigenvalue weighted by atomic mass is 16.5. The number of pyridine rings is 1. The molecule has 0 saturated carbocycles. The van der Waals surface area contributed by atoms with E-state index in [1.165, 1.54) is 6.20 Å². The predicted molar refractivity (Wildman–Crippen MR) is 68.0 cm³/mol. The molecule has 0 spiro atoms. The molecule has 18 heavy (non-hydrogen) atoms. The number of hydrogen-bond donors (Lipinski definition) is 2. The maximum atomic E-state index is 11.2. The zero-order chi connectivity index (χ0) is 13.2. The van der Waals surface area contributed by atoms with Crippen molar-refractivity contribution in [2.24, 2.45) is 0 Å². The molecule has 0 aromatic carbocycles. The largest absolute Gasteiger partial charge is 0.478 e. The summed E-state index contributed by atoms with van der Waals surface area (Å²) in [5, 5.41) is 12.5. The number of carboxylic acid groups (broad SMARTS) is 1. The fourth-order valence-electron chi connectivity index (χ4n) is 2.11. The van der Waals surface area contributed by atoms with Crippen molar-refractivity contribution in [3.05, 3.63) is 23.5 Å². The predicted octanol–water partition coefficient (Wildman–Crippen LogP) is 2.07. The summed E-state index contributed by atoms with van der Waals surface area (Å²) in [6.45, 7) is 5.35. The first-order valence-corrected chi connectivity index (χ1v) is 6.06. The first-order chi connectivity index (χ1) is 8.50. The number of ether oxygens (including phenoxy) is 1. The topological polar surface area (TPSA) is 71.5 Å². The van der Waals surface area contributed by atoms with Gasteiger partial charge in [-0.3, -0.25) is 4.98 Å². The molecule has 2 N–H and O–H groups in total. The van der Waals surface area contributed by atoms with E-state index in [9.17, 15) is 4.79 Å². The fraction of sp³-hybridized carbons (Fsp3) is 0.538. The average Bonchev–Trinajstić information content (AvgIpc) is 2.28. The van der Waals surface area contributed by atoms with Crippen molar-refractivity contribution in [3.63, 3.8) is 0 Å². The van der Waals surface area contributed by atoms with Crippen LogP contribution < -0.4 is 5.32 Å². The minimum atomic E-state index is -0.958. The lowest BCUT2D eigenvalue weighted by atomic mass is 9.92. The molecule has 1 fully saturated rings. The Balaban J connectivity index is 2.26. The molecule has 2 rings (SSSR count). The van der Waals surface area contributed by atoms with Gasteiger partial charge in [0, 0.05) is 30.6 Å². The third kappa shape index (κ3) is 2.79. The van der Waals surface area contributed by atoms with Gasteiger partial charge < -0.3 is 15.2 Å². The number of rotatable bonds is 3. The molecule has 5 nitrogen and oxygen atoms in total. The maximum absolute atomic E-state index is 11.2. The van der Waals surface area contributed by atoms with Crippen LogP contribution in [0.5, 0.6) is 0 Å². The van der Waals surface area contributed by atoms with Gasteiger partial charge in [-0.15, -0.1) is 0 Å². The molecule has 0 amide bonds. The van der Waals surface area contributed by atoms with E-state index in [1.807, 2.05) is 6.92 Å². The van der Waals surface area contributed by atoms with Crippen LogP contribution in [0.3, 0.4) is 0 Å². The molecular weight excluding hydrogens is 232 g/mol. The van der Waals surface area contributed by atoms with Crippen LogP contribution in [0.2, 0.25) is 0 Å². The minimum Gasteiger partial charge on any atom is -0.478 e. The Bertz CT molecular complexity index is 454. The minimum absolute atomic E-state index is 0.115. The Labute approximate surface area is 106 Å². The molecule has 0 radical (unpaired) electrons. The molecule has 0 unspecified atom stereocenters. The van der Waals surface area contributed by atoms with Gasteiger partial charge in [-0.1, -0.05) is 0 Å². The number of carbonyl (C=O) groups is 1. The molecule has 1 aliphatic heterocycles. The van der Waals surface area contributed by atoms with Crippen molar-refractivity contribution in [1.82, 2.24) is 4.98 Å². The molecule has 98 valence electrons. The van der Waals surface area contributed by atoms with Crippen LogP contribution in [-0.2, 0) is 4.74 Å². The number of hydrogen-bond acceptors (Lipinski definition) is 4. The molecular formula is C13H18N2O3. The second kappa shape index (κ2) is 4.94. The number of aromatic nitrogens is 1. The Hall–Kier alpha value is -1.62. The van der Waals surface area contributed by atoms with Gasteiger partial charge in [-0.2, -0.15) is 0 Å². The number of nitrogens with one attached hydrogen (secondary N) is 1. The van der Waals surface area contributed by atoms with Crippen LogP contribution in [0.1, 0.15) is 35.8 Å². The molecule has 1 aromatic rings. The summed E-state index contributed by atoms with van der Waals surface area (Å²) in [6.07, 6.45) is 3.14. The summed E-state index contributed by atoms with van der Waals surface area (Å²) in [5.41, 5.74) is 1.54. The van der Waals surface area contributed by atoms with Gasteiger partial charge in [0.25, 0.3) is 0 Å². The van der Waals surface area contributed by atoms with Crippen molar-refractivity contribution in [2.75, 3.05) is 18.5 Å².